The van der Waals surface area contributed by atoms with E-state index in [9.17, 15) is 4.79 Å². The first-order valence-corrected chi connectivity index (χ1v) is 7.63. The van der Waals surface area contributed by atoms with Crippen molar-refractivity contribution in [3.8, 4) is 11.8 Å². The summed E-state index contributed by atoms with van der Waals surface area (Å²) < 4.78 is 0. The molecule has 106 valence electrons. The zero-order chi connectivity index (χ0) is 14.8. The van der Waals surface area contributed by atoms with E-state index in [0.717, 1.165) is 17.0 Å². The van der Waals surface area contributed by atoms with Crippen molar-refractivity contribution >= 4 is 22.9 Å². The van der Waals surface area contributed by atoms with Crippen molar-refractivity contribution < 1.29 is 9.90 Å². The summed E-state index contributed by atoms with van der Waals surface area (Å²) in [6.45, 7) is 1.90. The maximum Gasteiger partial charge on any atom is 0.268 e. The molecule has 0 bridgehead atoms. The summed E-state index contributed by atoms with van der Waals surface area (Å²) in [7, 11) is 0. The zero-order valence-electron chi connectivity index (χ0n) is 11.7. The third-order valence-electron chi connectivity index (χ3n) is 3.53. The highest BCUT2D eigenvalue weighted by Gasteiger charge is 2.31. The Morgan fingerprint density at radius 1 is 1.38 bits per heavy atom. The van der Waals surface area contributed by atoms with Gasteiger partial charge in [0.2, 0.25) is 0 Å². The molecule has 1 amide bonds. The van der Waals surface area contributed by atoms with Crippen LogP contribution >= 0.6 is 11.3 Å². The van der Waals surface area contributed by atoms with Crippen LogP contribution in [0, 0.1) is 11.8 Å². The molecule has 4 heteroatoms. The van der Waals surface area contributed by atoms with Crippen LogP contribution in [0.3, 0.4) is 0 Å². The van der Waals surface area contributed by atoms with E-state index < -0.39 is 0 Å². The van der Waals surface area contributed by atoms with E-state index in [1.807, 2.05) is 35.2 Å². The molecule has 2 aromatic rings. The molecule has 1 N–H and O–H groups in total. The summed E-state index contributed by atoms with van der Waals surface area (Å²) >= 11 is 1.37. The molecule has 0 radical (unpaired) electrons. The van der Waals surface area contributed by atoms with Crippen LogP contribution in [0.2, 0.25) is 0 Å². The quantitative estimate of drug-likeness (QED) is 0.822. The minimum atomic E-state index is -0.169. The average Bonchev–Trinajstić information content (AvgIpc) is 3.07. The van der Waals surface area contributed by atoms with Crippen molar-refractivity contribution in [1.82, 2.24) is 0 Å². The van der Waals surface area contributed by atoms with Crippen LogP contribution in [0.4, 0.5) is 5.69 Å². The fourth-order valence-corrected chi connectivity index (χ4v) is 3.46. The first kappa shape index (κ1) is 13.9. The number of amides is 1. The highest BCUT2D eigenvalue weighted by atomic mass is 32.1. The lowest BCUT2D eigenvalue weighted by atomic mass is 10.1. The van der Waals surface area contributed by atoms with Crippen molar-refractivity contribution in [1.29, 1.82) is 0 Å². The van der Waals surface area contributed by atoms with Gasteiger partial charge in [-0.25, -0.2) is 0 Å². The largest absolute Gasteiger partial charge is 0.384 e. The Kier molecular flexibility index (Phi) is 3.78. The van der Waals surface area contributed by atoms with Gasteiger partial charge in [-0.3, -0.25) is 4.79 Å². The molecule has 0 saturated carbocycles. The summed E-state index contributed by atoms with van der Waals surface area (Å²) in [4.78, 5) is 16.1. The highest BCUT2D eigenvalue weighted by Crippen LogP contribution is 2.34. The van der Waals surface area contributed by atoms with Crippen molar-refractivity contribution in [2.75, 3.05) is 11.5 Å². The van der Waals surface area contributed by atoms with Crippen molar-refractivity contribution in [3.63, 3.8) is 0 Å². The van der Waals surface area contributed by atoms with Gasteiger partial charge < -0.3 is 10.0 Å². The number of nitrogens with zero attached hydrogens (tertiary/aromatic N) is 1. The van der Waals surface area contributed by atoms with Gasteiger partial charge in [0.1, 0.15) is 6.61 Å². The Hall–Kier alpha value is -2.09. The van der Waals surface area contributed by atoms with E-state index >= 15 is 0 Å². The van der Waals surface area contributed by atoms with Crippen LogP contribution in [0.1, 0.15) is 27.0 Å². The fourth-order valence-electron chi connectivity index (χ4n) is 2.64. The number of carbonyl (C=O) groups excluding carboxylic acids is 1. The number of fused-ring (bicyclic) bond motifs is 1. The van der Waals surface area contributed by atoms with E-state index in [0.29, 0.717) is 4.88 Å². The lowest BCUT2D eigenvalue weighted by Gasteiger charge is -2.21. The van der Waals surface area contributed by atoms with Crippen LogP contribution in [0.15, 0.2) is 36.4 Å². The molecule has 1 unspecified atom stereocenters. The van der Waals surface area contributed by atoms with Crippen LogP contribution in [-0.2, 0) is 6.42 Å². The lowest BCUT2D eigenvalue weighted by Crippen LogP contribution is -2.35. The molecular formula is C17H15NO2S. The first-order valence-electron chi connectivity index (χ1n) is 6.81. The fraction of sp³-hybridized carbons (Fsp3) is 0.235. The molecule has 3 nitrogen and oxygen atoms in total. The number of anilines is 1. The van der Waals surface area contributed by atoms with E-state index in [1.54, 1.807) is 0 Å². The molecule has 0 aliphatic carbocycles. The topological polar surface area (TPSA) is 40.5 Å². The maximum atomic E-state index is 12.7. The smallest absolute Gasteiger partial charge is 0.268 e. The van der Waals surface area contributed by atoms with E-state index in [2.05, 4.69) is 24.8 Å². The number of para-hydroxylation sites is 1. The van der Waals surface area contributed by atoms with Crippen LogP contribution in [0.25, 0.3) is 0 Å². The molecule has 3 rings (SSSR count). The predicted molar refractivity (Wildman–Crippen MR) is 84.7 cm³/mol. The highest BCUT2D eigenvalue weighted by molar-refractivity contribution is 7.14. The second-order valence-electron chi connectivity index (χ2n) is 4.98. The Morgan fingerprint density at radius 2 is 2.19 bits per heavy atom. The number of thiophene rings is 1. The van der Waals surface area contributed by atoms with Gasteiger partial charge >= 0.3 is 0 Å². The summed E-state index contributed by atoms with van der Waals surface area (Å²) in [6.07, 6.45) is 0.893. The van der Waals surface area contributed by atoms with E-state index in [4.69, 9.17) is 5.11 Å². The molecule has 2 heterocycles. The molecule has 0 fully saturated rings. The Balaban J connectivity index is 1.90. The van der Waals surface area contributed by atoms with Crippen LogP contribution < -0.4 is 4.90 Å². The summed E-state index contributed by atoms with van der Waals surface area (Å²) in [5.74, 6) is 5.46. The molecule has 1 atom stereocenters. The monoisotopic (exact) mass is 297 g/mol. The molecule has 1 aromatic carbocycles. The van der Waals surface area contributed by atoms with Crippen molar-refractivity contribution in [2.45, 2.75) is 19.4 Å². The van der Waals surface area contributed by atoms with Gasteiger partial charge in [-0.15, -0.1) is 11.3 Å². The molecule has 1 aliphatic rings. The average molecular weight is 297 g/mol. The third kappa shape index (κ3) is 2.58. The number of hydrogen-bond acceptors (Lipinski definition) is 3. The van der Waals surface area contributed by atoms with Crippen LogP contribution in [-0.4, -0.2) is 23.7 Å². The van der Waals surface area contributed by atoms with Gasteiger partial charge in [-0.2, -0.15) is 0 Å². The van der Waals surface area contributed by atoms with Gasteiger partial charge in [0.05, 0.1) is 9.75 Å². The summed E-state index contributed by atoms with van der Waals surface area (Å²) in [5.41, 5.74) is 2.22. The molecule has 1 aromatic heterocycles. The normalized spacial score (nSPS) is 16.3. The Morgan fingerprint density at radius 3 is 3.00 bits per heavy atom. The van der Waals surface area contributed by atoms with Crippen LogP contribution in [0.5, 0.6) is 0 Å². The maximum absolute atomic E-state index is 12.7. The van der Waals surface area contributed by atoms with Crippen molar-refractivity contribution in [2.24, 2.45) is 0 Å². The standard InChI is InChI=1S/C17H15NO2S/c1-12-11-13-5-2-3-7-15(13)18(12)17(20)16-9-8-14(21-16)6-4-10-19/h2-3,5,7-9,12,19H,10-11H2,1H3. The minimum Gasteiger partial charge on any atom is -0.384 e. The van der Waals surface area contributed by atoms with Gasteiger partial charge in [0.15, 0.2) is 0 Å². The Labute approximate surface area is 127 Å². The minimum absolute atomic E-state index is 0.0227. The Bertz CT molecular complexity index is 738. The molecular weight excluding hydrogens is 282 g/mol. The predicted octanol–water partition coefficient (Wildman–Crippen LogP) is 2.68. The molecule has 0 spiro atoms. The summed E-state index contributed by atoms with van der Waals surface area (Å²) in [6, 6.07) is 11.8. The van der Waals surface area contributed by atoms with Gasteiger partial charge in [0.25, 0.3) is 5.91 Å². The third-order valence-corrected chi connectivity index (χ3v) is 4.52. The zero-order valence-corrected chi connectivity index (χ0v) is 12.5. The second-order valence-corrected chi connectivity index (χ2v) is 6.06. The lowest BCUT2D eigenvalue weighted by molar-refractivity contribution is 0.0985. The SMILES string of the molecule is CC1Cc2ccccc2N1C(=O)c1ccc(C#CCO)s1. The van der Waals surface area contributed by atoms with Gasteiger partial charge in [0, 0.05) is 11.7 Å². The van der Waals surface area contributed by atoms with Gasteiger partial charge in [-0.05, 0) is 37.1 Å². The summed E-state index contributed by atoms with van der Waals surface area (Å²) in [5, 5.41) is 8.72. The number of carbonyl (C=O) groups is 1. The van der Waals surface area contributed by atoms with E-state index in [1.165, 1.54) is 16.9 Å². The molecule has 0 saturated heterocycles. The van der Waals surface area contributed by atoms with Gasteiger partial charge in [-0.1, -0.05) is 30.0 Å². The first-order chi connectivity index (χ1) is 10.2. The number of aliphatic hydroxyl groups excluding tert-OH is 1. The number of aliphatic hydroxyl groups is 1. The van der Waals surface area contributed by atoms with E-state index in [-0.39, 0.29) is 18.6 Å². The number of rotatable bonds is 1. The number of benzene rings is 1. The van der Waals surface area contributed by atoms with Crippen molar-refractivity contribution in [3.05, 3.63) is 51.7 Å². The molecule has 21 heavy (non-hydrogen) atoms. The number of hydrogen-bond donors (Lipinski definition) is 1. The molecule has 1 aliphatic heterocycles. The second kappa shape index (κ2) is 5.72.